The molecular weight excluding hydrogens is 537 g/mol. The van der Waals surface area contributed by atoms with Gasteiger partial charge in [0.05, 0.1) is 19.3 Å². The van der Waals surface area contributed by atoms with Crippen molar-refractivity contribution in [2.24, 2.45) is 5.92 Å². The van der Waals surface area contributed by atoms with Crippen molar-refractivity contribution in [3.05, 3.63) is 33.1 Å². The lowest BCUT2D eigenvalue weighted by atomic mass is 9.90. The molecule has 3 unspecified atom stereocenters. The molecule has 0 amide bonds. The number of nitrogens with zero attached hydrogens (tertiary/aromatic N) is 1. The third-order valence-corrected chi connectivity index (χ3v) is 9.63. The molecule has 19 heteroatoms. The van der Waals surface area contributed by atoms with E-state index >= 15 is 0 Å². The highest BCUT2D eigenvalue weighted by molar-refractivity contribution is 7.66. The van der Waals surface area contributed by atoms with Gasteiger partial charge < -0.3 is 24.5 Å². The van der Waals surface area contributed by atoms with Gasteiger partial charge in [-0.05, 0) is 18.8 Å². The molecule has 1 saturated heterocycles. The molecule has 6 atom stereocenters. The highest BCUT2D eigenvalue weighted by Crippen LogP contribution is 2.67. The minimum absolute atomic E-state index is 0.0345. The van der Waals surface area contributed by atoms with Crippen molar-refractivity contribution in [1.29, 1.82) is 0 Å². The second kappa shape index (κ2) is 11.6. The summed E-state index contributed by atoms with van der Waals surface area (Å²) < 4.78 is 59.8. The number of phosphoric ester groups is 2. The summed E-state index contributed by atoms with van der Waals surface area (Å²) in [5, 5.41) is 10.1. The zero-order valence-corrected chi connectivity index (χ0v) is 21.0. The Morgan fingerprint density at radius 2 is 1.57 bits per heavy atom. The predicted molar refractivity (Wildman–Crippen MR) is 116 cm³/mol. The zero-order valence-electron chi connectivity index (χ0n) is 18.3. The molecule has 2 aliphatic rings. The van der Waals surface area contributed by atoms with Crippen LogP contribution in [-0.2, 0) is 36.1 Å². The van der Waals surface area contributed by atoms with Gasteiger partial charge in [-0.15, -0.1) is 0 Å². The molecule has 1 aromatic rings. The van der Waals surface area contributed by atoms with Gasteiger partial charge in [0.1, 0.15) is 12.3 Å². The summed E-state index contributed by atoms with van der Waals surface area (Å²) in [6, 6.07) is 1.05. The van der Waals surface area contributed by atoms with Crippen molar-refractivity contribution >= 4 is 23.5 Å². The number of aromatic amines is 1. The maximum atomic E-state index is 12.1. The van der Waals surface area contributed by atoms with Gasteiger partial charge in [-0.2, -0.15) is 8.62 Å². The maximum absolute atomic E-state index is 12.1. The lowest BCUT2D eigenvalue weighted by molar-refractivity contribution is -0.0450. The average Bonchev–Trinajstić information content (AvgIpc) is 3.10. The summed E-state index contributed by atoms with van der Waals surface area (Å²) >= 11 is 0. The molecule has 200 valence electrons. The number of rotatable bonds is 11. The van der Waals surface area contributed by atoms with E-state index in [1.807, 2.05) is 4.98 Å². The standard InChI is InChI=1S/C16H27N2O14P3/c19-12-8-15(18-7-6-14(20)17-16(18)21)30-13(12)10-29-34(24,25)32-35(26,27)31-33(22,23)28-9-11-4-2-1-3-5-11/h6-7,11-13,15,19H,1-5,8-10H2,(H,22,23)(H,24,25)(H,26,27)(H,17,20,21)/t12-,13-,15-/m1/s1. The summed E-state index contributed by atoms with van der Waals surface area (Å²) in [4.78, 5) is 54.1. The Labute approximate surface area is 198 Å². The van der Waals surface area contributed by atoms with Crippen LogP contribution in [0.2, 0.25) is 0 Å². The molecular formula is C16H27N2O14P3. The number of aromatic nitrogens is 2. The second-order valence-corrected chi connectivity index (χ2v) is 12.7. The SMILES string of the molecule is O=c1ccn([C@H]2C[C@@H](O)[C@@H](COP(=O)(O)OP(=O)(O)OP(=O)(O)OCC3CCCCC3)O2)c(=O)[nH]1. The Morgan fingerprint density at radius 1 is 0.971 bits per heavy atom. The van der Waals surface area contributed by atoms with E-state index in [1.54, 1.807) is 0 Å². The minimum Gasteiger partial charge on any atom is -0.390 e. The number of phosphoric acid groups is 3. The molecule has 2 heterocycles. The Kier molecular flexibility index (Phi) is 9.47. The lowest BCUT2D eigenvalue weighted by Gasteiger charge is -2.23. The third kappa shape index (κ3) is 8.81. The monoisotopic (exact) mass is 564 g/mol. The second-order valence-electron chi connectivity index (χ2n) is 8.11. The first-order chi connectivity index (χ1) is 16.3. The van der Waals surface area contributed by atoms with Gasteiger partial charge in [0.2, 0.25) is 0 Å². The maximum Gasteiger partial charge on any atom is 0.490 e. The van der Waals surface area contributed by atoms with Crippen LogP contribution in [0.1, 0.15) is 44.8 Å². The third-order valence-electron chi connectivity index (χ3n) is 5.38. The van der Waals surface area contributed by atoms with Crippen LogP contribution in [0.3, 0.4) is 0 Å². The van der Waals surface area contributed by atoms with E-state index < -0.39 is 59.8 Å². The summed E-state index contributed by atoms with van der Waals surface area (Å²) in [7, 11) is -16.1. The molecule has 3 rings (SSSR count). The van der Waals surface area contributed by atoms with Crippen molar-refractivity contribution in [3.63, 3.8) is 0 Å². The predicted octanol–water partition coefficient (Wildman–Crippen LogP) is 1.13. The normalized spacial score (nSPS) is 28.7. The molecule has 1 aliphatic heterocycles. The first-order valence-electron chi connectivity index (χ1n) is 10.6. The fraction of sp³-hybridized carbons (Fsp3) is 0.750. The molecule has 5 N–H and O–H groups in total. The van der Waals surface area contributed by atoms with Gasteiger partial charge >= 0.3 is 29.2 Å². The molecule has 0 radical (unpaired) electrons. The quantitative estimate of drug-likeness (QED) is 0.237. The molecule has 0 aromatic carbocycles. The Morgan fingerprint density at radius 3 is 2.17 bits per heavy atom. The van der Waals surface area contributed by atoms with Crippen LogP contribution >= 0.6 is 23.5 Å². The number of ether oxygens (including phenoxy) is 1. The number of hydrogen-bond donors (Lipinski definition) is 5. The van der Waals surface area contributed by atoms with Crippen LogP contribution in [0.5, 0.6) is 0 Å². The highest BCUT2D eigenvalue weighted by atomic mass is 31.3. The van der Waals surface area contributed by atoms with Crippen LogP contribution in [0.15, 0.2) is 21.9 Å². The molecule has 0 bridgehead atoms. The molecule has 16 nitrogen and oxygen atoms in total. The van der Waals surface area contributed by atoms with E-state index in [2.05, 4.69) is 13.1 Å². The van der Waals surface area contributed by atoms with Gasteiger partial charge in [-0.3, -0.25) is 23.4 Å². The topological polar surface area (TPSA) is 233 Å². The zero-order chi connectivity index (χ0) is 25.9. The van der Waals surface area contributed by atoms with E-state index in [0.717, 1.165) is 48.9 Å². The first-order valence-corrected chi connectivity index (χ1v) is 15.1. The lowest BCUT2D eigenvalue weighted by Crippen LogP contribution is -2.31. The largest absolute Gasteiger partial charge is 0.490 e. The Hall–Kier alpha value is -0.990. The fourth-order valence-electron chi connectivity index (χ4n) is 3.73. The number of aliphatic hydroxyl groups excluding tert-OH is 1. The van der Waals surface area contributed by atoms with Crippen LogP contribution in [0.4, 0.5) is 0 Å². The molecule has 1 aliphatic carbocycles. The molecule has 1 aromatic heterocycles. The summed E-state index contributed by atoms with van der Waals surface area (Å²) in [6.45, 7) is -1.05. The molecule has 2 fully saturated rings. The number of hydrogen-bond acceptors (Lipinski definition) is 11. The van der Waals surface area contributed by atoms with Gasteiger partial charge in [0.15, 0.2) is 0 Å². The van der Waals surface area contributed by atoms with Crippen LogP contribution in [-0.4, -0.2) is 54.8 Å². The van der Waals surface area contributed by atoms with E-state index in [1.165, 1.54) is 0 Å². The Bertz CT molecular complexity index is 1130. The van der Waals surface area contributed by atoms with Crippen LogP contribution < -0.4 is 11.2 Å². The summed E-state index contributed by atoms with van der Waals surface area (Å²) in [5.74, 6) is -0.0345. The summed E-state index contributed by atoms with van der Waals surface area (Å²) in [6.07, 6.45) is 1.74. The van der Waals surface area contributed by atoms with Crippen LogP contribution in [0, 0.1) is 5.92 Å². The number of aliphatic hydroxyl groups is 1. The van der Waals surface area contributed by atoms with Crippen molar-refractivity contribution in [2.75, 3.05) is 13.2 Å². The van der Waals surface area contributed by atoms with Crippen molar-refractivity contribution in [2.45, 2.75) is 57.0 Å². The fourth-order valence-corrected chi connectivity index (χ4v) is 7.32. The first kappa shape index (κ1) is 28.6. The molecule has 1 saturated carbocycles. The van der Waals surface area contributed by atoms with Crippen LogP contribution in [0.25, 0.3) is 0 Å². The van der Waals surface area contributed by atoms with Crippen molar-refractivity contribution < 1.29 is 55.9 Å². The van der Waals surface area contributed by atoms with Crippen molar-refractivity contribution in [1.82, 2.24) is 9.55 Å². The van der Waals surface area contributed by atoms with E-state index in [9.17, 15) is 43.1 Å². The van der Waals surface area contributed by atoms with Gasteiger partial charge in [-0.25, -0.2) is 18.5 Å². The summed E-state index contributed by atoms with van der Waals surface area (Å²) in [5.41, 5.74) is -1.46. The molecule has 0 spiro atoms. The van der Waals surface area contributed by atoms with E-state index in [4.69, 9.17) is 9.26 Å². The van der Waals surface area contributed by atoms with Gasteiger partial charge in [0, 0.05) is 18.7 Å². The highest BCUT2D eigenvalue weighted by Gasteiger charge is 2.44. The van der Waals surface area contributed by atoms with Gasteiger partial charge in [-0.1, -0.05) is 19.3 Å². The van der Waals surface area contributed by atoms with Crippen molar-refractivity contribution in [3.8, 4) is 0 Å². The number of H-pyrrole nitrogens is 1. The minimum atomic E-state index is -5.61. The average molecular weight is 564 g/mol. The van der Waals surface area contributed by atoms with E-state index in [-0.39, 0.29) is 18.9 Å². The van der Waals surface area contributed by atoms with Gasteiger partial charge in [0.25, 0.3) is 5.56 Å². The van der Waals surface area contributed by atoms with E-state index in [0.29, 0.717) is 0 Å². The Balaban J connectivity index is 1.51. The molecule has 35 heavy (non-hydrogen) atoms. The smallest absolute Gasteiger partial charge is 0.390 e. The number of nitrogens with one attached hydrogen (secondary N) is 1.